The van der Waals surface area contributed by atoms with Gasteiger partial charge in [0.15, 0.2) is 0 Å². The lowest BCUT2D eigenvalue weighted by Gasteiger charge is -2.15. The summed E-state index contributed by atoms with van der Waals surface area (Å²) in [6.45, 7) is 1.45. The summed E-state index contributed by atoms with van der Waals surface area (Å²) in [6.07, 6.45) is 0. The number of benzene rings is 1. The van der Waals surface area contributed by atoms with E-state index >= 15 is 0 Å². The number of rotatable bonds is 5. The van der Waals surface area contributed by atoms with Gasteiger partial charge in [-0.3, -0.25) is 4.79 Å². The van der Waals surface area contributed by atoms with Gasteiger partial charge in [0.2, 0.25) is 0 Å². The second-order valence-electron chi connectivity index (χ2n) is 4.23. The third kappa shape index (κ3) is 5.28. The Balaban J connectivity index is 0.00000200. The summed E-state index contributed by atoms with van der Waals surface area (Å²) < 4.78 is 0. The number of nitrogens with one attached hydrogen (secondary N) is 1. The zero-order chi connectivity index (χ0) is 13.7. The first-order chi connectivity index (χ1) is 9.22. The maximum Gasteiger partial charge on any atom is 0.273 e. The van der Waals surface area contributed by atoms with Crippen molar-refractivity contribution in [1.82, 2.24) is 15.2 Å². The molecule has 0 aliphatic carbocycles. The van der Waals surface area contributed by atoms with E-state index in [1.165, 1.54) is 11.3 Å². The fourth-order valence-corrected chi connectivity index (χ4v) is 2.46. The molecule has 0 bridgehead atoms. The van der Waals surface area contributed by atoms with E-state index in [9.17, 15) is 4.79 Å². The molecule has 116 valence electrons. The lowest BCUT2D eigenvalue weighted by molar-refractivity contribution is 0.0792. The molecule has 0 saturated heterocycles. The molecule has 21 heavy (non-hydrogen) atoms. The SMILES string of the molecule is CNCCN(C)C(=O)c1csc(-c2ccccc2)n1.Cl.Cl. The molecule has 0 aliphatic heterocycles. The summed E-state index contributed by atoms with van der Waals surface area (Å²) in [5, 5.41) is 5.72. The minimum absolute atomic E-state index is 0. The molecular weight excluding hydrogens is 329 g/mol. The van der Waals surface area contributed by atoms with Gasteiger partial charge in [-0.15, -0.1) is 36.2 Å². The molecule has 0 aliphatic rings. The number of carbonyl (C=O) groups is 1. The molecule has 0 fully saturated rings. The molecule has 0 unspecified atom stereocenters. The highest BCUT2D eigenvalue weighted by Crippen LogP contribution is 2.23. The van der Waals surface area contributed by atoms with E-state index in [0.717, 1.165) is 17.1 Å². The van der Waals surface area contributed by atoms with Crippen molar-refractivity contribution in [2.75, 3.05) is 27.2 Å². The van der Waals surface area contributed by atoms with Gasteiger partial charge < -0.3 is 10.2 Å². The number of amides is 1. The standard InChI is InChI=1S/C14H17N3OS.2ClH/c1-15-8-9-17(2)14(18)12-10-19-13(16-12)11-6-4-3-5-7-11;;/h3-7,10,15H,8-9H2,1-2H3;2*1H. The van der Waals surface area contributed by atoms with E-state index in [-0.39, 0.29) is 30.7 Å². The summed E-state index contributed by atoms with van der Waals surface area (Å²) in [4.78, 5) is 18.2. The first-order valence-corrected chi connectivity index (χ1v) is 7.01. The van der Waals surface area contributed by atoms with Crippen molar-refractivity contribution < 1.29 is 4.79 Å². The van der Waals surface area contributed by atoms with Crippen molar-refractivity contribution in [2.45, 2.75) is 0 Å². The first-order valence-electron chi connectivity index (χ1n) is 6.13. The van der Waals surface area contributed by atoms with Crippen LogP contribution < -0.4 is 5.32 Å². The van der Waals surface area contributed by atoms with E-state index in [4.69, 9.17) is 0 Å². The molecule has 1 heterocycles. The van der Waals surface area contributed by atoms with Crippen molar-refractivity contribution >= 4 is 42.1 Å². The summed E-state index contributed by atoms with van der Waals surface area (Å²) in [6, 6.07) is 9.90. The molecular formula is C14H19Cl2N3OS. The molecule has 0 atom stereocenters. The van der Waals surface area contributed by atoms with E-state index < -0.39 is 0 Å². The Morgan fingerprint density at radius 2 is 1.95 bits per heavy atom. The average Bonchev–Trinajstić information content (AvgIpc) is 2.94. The monoisotopic (exact) mass is 347 g/mol. The van der Waals surface area contributed by atoms with Crippen molar-refractivity contribution in [3.05, 3.63) is 41.4 Å². The minimum atomic E-state index is -0.0336. The van der Waals surface area contributed by atoms with E-state index in [1.807, 2.05) is 42.8 Å². The summed E-state index contributed by atoms with van der Waals surface area (Å²) in [5.41, 5.74) is 1.56. The zero-order valence-corrected chi connectivity index (χ0v) is 14.4. The third-order valence-corrected chi connectivity index (χ3v) is 3.68. The van der Waals surface area contributed by atoms with Crippen LogP contribution in [0.2, 0.25) is 0 Å². The maximum absolute atomic E-state index is 12.1. The molecule has 1 amide bonds. The van der Waals surface area contributed by atoms with Gasteiger partial charge >= 0.3 is 0 Å². The van der Waals surface area contributed by atoms with Crippen molar-refractivity contribution in [3.8, 4) is 10.6 Å². The molecule has 0 spiro atoms. The normalized spacial score (nSPS) is 9.43. The van der Waals surface area contributed by atoms with Crippen LogP contribution in [0.3, 0.4) is 0 Å². The van der Waals surface area contributed by atoms with Gasteiger partial charge in [0.1, 0.15) is 10.7 Å². The number of hydrogen-bond acceptors (Lipinski definition) is 4. The molecule has 1 aromatic carbocycles. The average molecular weight is 348 g/mol. The lowest BCUT2D eigenvalue weighted by Crippen LogP contribution is -2.32. The third-order valence-electron chi connectivity index (χ3n) is 2.79. The Hall–Kier alpha value is -1.14. The number of nitrogens with zero attached hydrogens (tertiary/aromatic N) is 2. The highest BCUT2D eigenvalue weighted by Gasteiger charge is 2.15. The number of thiazole rings is 1. The highest BCUT2D eigenvalue weighted by molar-refractivity contribution is 7.13. The number of aromatic nitrogens is 1. The van der Waals surface area contributed by atoms with Crippen LogP contribution >= 0.6 is 36.2 Å². The maximum atomic E-state index is 12.1. The summed E-state index contributed by atoms with van der Waals surface area (Å²) in [5.74, 6) is -0.0336. The van der Waals surface area contributed by atoms with Crippen LogP contribution in [0.1, 0.15) is 10.5 Å². The fraction of sp³-hybridized carbons (Fsp3) is 0.286. The highest BCUT2D eigenvalue weighted by atomic mass is 35.5. The van der Waals surface area contributed by atoms with Gasteiger partial charge in [0, 0.05) is 31.1 Å². The zero-order valence-electron chi connectivity index (χ0n) is 11.9. The van der Waals surface area contributed by atoms with Gasteiger partial charge in [0.25, 0.3) is 5.91 Å². The number of likely N-dealkylation sites (N-methyl/N-ethyl adjacent to an activating group) is 2. The summed E-state index contributed by atoms with van der Waals surface area (Å²) in [7, 11) is 3.66. The predicted octanol–water partition coefficient (Wildman–Crippen LogP) is 2.95. The van der Waals surface area contributed by atoms with Crippen LogP contribution in [0, 0.1) is 0 Å². The van der Waals surface area contributed by atoms with Crippen LogP contribution in [-0.2, 0) is 0 Å². The molecule has 1 aromatic heterocycles. The lowest BCUT2D eigenvalue weighted by atomic mass is 10.2. The molecule has 7 heteroatoms. The van der Waals surface area contributed by atoms with Gasteiger partial charge in [0.05, 0.1) is 0 Å². The first kappa shape index (κ1) is 19.9. The van der Waals surface area contributed by atoms with Crippen LogP contribution in [0.4, 0.5) is 0 Å². The van der Waals surface area contributed by atoms with Crippen molar-refractivity contribution in [2.24, 2.45) is 0 Å². The minimum Gasteiger partial charge on any atom is -0.339 e. The van der Waals surface area contributed by atoms with Crippen LogP contribution in [0.15, 0.2) is 35.7 Å². The Kier molecular flexibility index (Phi) is 9.21. The molecule has 2 rings (SSSR count). The van der Waals surface area contributed by atoms with E-state index in [2.05, 4.69) is 10.3 Å². The fourth-order valence-electron chi connectivity index (χ4n) is 1.66. The molecule has 1 N–H and O–H groups in total. The molecule has 2 aromatic rings. The van der Waals surface area contributed by atoms with Gasteiger partial charge in [-0.2, -0.15) is 0 Å². The summed E-state index contributed by atoms with van der Waals surface area (Å²) >= 11 is 1.50. The second-order valence-corrected chi connectivity index (χ2v) is 5.09. The van der Waals surface area contributed by atoms with Gasteiger partial charge in [-0.05, 0) is 7.05 Å². The molecule has 0 saturated carbocycles. The topological polar surface area (TPSA) is 45.2 Å². The smallest absolute Gasteiger partial charge is 0.273 e. The number of hydrogen-bond donors (Lipinski definition) is 1. The Bertz CT molecular complexity index is 548. The van der Waals surface area contributed by atoms with E-state index in [0.29, 0.717) is 12.2 Å². The Morgan fingerprint density at radius 1 is 1.29 bits per heavy atom. The largest absolute Gasteiger partial charge is 0.339 e. The quantitative estimate of drug-likeness (QED) is 0.904. The van der Waals surface area contributed by atoms with Gasteiger partial charge in [-0.25, -0.2) is 4.98 Å². The Morgan fingerprint density at radius 3 is 2.57 bits per heavy atom. The van der Waals surface area contributed by atoms with E-state index in [1.54, 1.807) is 11.9 Å². The van der Waals surface area contributed by atoms with Crippen molar-refractivity contribution in [3.63, 3.8) is 0 Å². The second kappa shape index (κ2) is 9.73. The predicted molar refractivity (Wildman–Crippen MR) is 92.9 cm³/mol. The number of carbonyl (C=O) groups excluding carboxylic acids is 1. The van der Waals surface area contributed by atoms with Gasteiger partial charge in [-0.1, -0.05) is 30.3 Å². The Labute approximate surface area is 141 Å². The van der Waals surface area contributed by atoms with Crippen molar-refractivity contribution in [1.29, 1.82) is 0 Å². The van der Waals surface area contributed by atoms with Crippen LogP contribution in [0.5, 0.6) is 0 Å². The van der Waals surface area contributed by atoms with Crippen LogP contribution in [0.25, 0.3) is 10.6 Å². The molecule has 0 radical (unpaired) electrons. The molecule has 4 nitrogen and oxygen atoms in total. The van der Waals surface area contributed by atoms with Crippen LogP contribution in [-0.4, -0.2) is 43.0 Å². The number of halogens is 2.